The smallest absolute Gasteiger partial charge is 0.251 e. The molecule has 0 saturated carbocycles. The first-order valence-corrected chi connectivity index (χ1v) is 11.0. The van der Waals surface area contributed by atoms with Gasteiger partial charge in [0, 0.05) is 29.2 Å². The Morgan fingerprint density at radius 3 is 2.37 bits per heavy atom. The number of nitrogens with zero attached hydrogens (tertiary/aromatic N) is 2. The zero-order valence-electron chi connectivity index (χ0n) is 17.5. The van der Waals surface area contributed by atoms with Crippen molar-refractivity contribution < 1.29 is 19.0 Å². The first-order valence-electron chi connectivity index (χ1n) is 10.1. The predicted octanol–water partition coefficient (Wildman–Crippen LogP) is 4.24. The fourth-order valence-corrected chi connectivity index (χ4v) is 3.61. The van der Waals surface area contributed by atoms with Crippen molar-refractivity contribution in [3.8, 4) is 28.5 Å². The SMILES string of the molecule is CCOc1cc(C(=O)NCCn2ccc(-c3ccsc3)n2)cc(OCC)c1OCC. The number of aromatic nitrogens is 2. The van der Waals surface area contributed by atoms with Crippen molar-refractivity contribution in [2.45, 2.75) is 27.3 Å². The molecular weight excluding hydrogens is 402 g/mol. The van der Waals surface area contributed by atoms with Crippen LogP contribution in [0.2, 0.25) is 0 Å². The van der Waals surface area contributed by atoms with Crippen molar-refractivity contribution >= 4 is 17.2 Å². The van der Waals surface area contributed by atoms with Crippen LogP contribution in [-0.4, -0.2) is 42.1 Å². The molecule has 0 saturated heterocycles. The lowest BCUT2D eigenvalue weighted by molar-refractivity contribution is 0.0950. The van der Waals surface area contributed by atoms with Crippen LogP contribution in [0.4, 0.5) is 0 Å². The van der Waals surface area contributed by atoms with Crippen molar-refractivity contribution in [1.82, 2.24) is 15.1 Å². The highest BCUT2D eigenvalue weighted by molar-refractivity contribution is 7.08. The molecule has 0 atom stereocenters. The number of benzene rings is 1. The Morgan fingerprint density at radius 1 is 1.07 bits per heavy atom. The first-order chi connectivity index (χ1) is 14.7. The van der Waals surface area contributed by atoms with Crippen LogP contribution in [0.25, 0.3) is 11.3 Å². The van der Waals surface area contributed by atoms with Gasteiger partial charge in [-0.05, 0) is 50.4 Å². The molecule has 0 fully saturated rings. The fraction of sp³-hybridized carbons (Fsp3) is 0.364. The van der Waals surface area contributed by atoms with Gasteiger partial charge in [0.05, 0.1) is 32.1 Å². The topological polar surface area (TPSA) is 74.6 Å². The molecule has 1 N–H and O–H groups in total. The maximum atomic E-state index is 12.7. The number of hydrogen-bond donors (Lipinski definition) is 1. The molecule has 0 aliphatic rings. The van der Waals surface area contributed by atoms with Gasteiger partial charge in [-0.25, -0.2) is 0 Å². The number of carbonyl (C=O) groups excluding carboxylic acids is 1. The number of ether oxygens (including phenoxy) is 3. The summed E-state index contributed by atoms with van der Waals surface area (Å²) in [6, 6.07) is 7.39. The van der Waals surface area contributed by atoms with Gasteiger partial charge in [-0.2, -0.15) is 16.4 Å². The molecular formula is C22H27N3O4S. The standard InChI is InChI=1S/C22H27N3O4S/c1-4-27-19-13-17(14-20(28-5-2)21(19)29-6-3)22(26)23-9-11-25-10-7-18(24-25)16-8-12-30-15-16/h7-8,10,12-15H,4-6,9,11H2,1-3H3,(H,23,26). The van der Waals surface area contributed by atoms with Crippen LogP contribution in [0, 0.1) is 0 Å². The molecule has 8 heteroatoms. The monoisotopic (exact) mass is 429 g/mol. The third-order valence-corrected chi connectivity index (χ3v) is 4.94. The Hall–Kier alpha value is -3.00. The maximum Gasteiger partial charge on any atom is 0.251 e. The van der Waals surface area contributed by atoms with E-state index < -0.39 is 0 Å². The molecule has 0 radical (unpaired) electrons. The Morgan fingerprint density at radius 2 is 1.77 bits per heavy atom. The normalized spacial score (nSPS) is 10.6. The van der Waals surface area contributed by atoms with Gasteiger partial charge >= 0.3 is 0 Å². The zero-order chi connectivity index (χ0) is 21.3. The number of rotatable bonds is 11. The molecule has 3 rings (SSSR count). The van der Waals surface area contributed by atoms with Crippen molar-refractivity contribution in [3.05, 3.63) is 46.8 Å². The summed E-state index contributed by atoms with van der Waals surface area (Å²) in [6.45, 7) is 8.09. The molecule has 0 unspecified atom stereocenters. The molecule has 3 aromatic rings. The number of thiophene rings is 1. The Labute approximate surface area is 180 Å². The lowest BCUT2D eigenvalue weighted by Crippen LogP contribution is -2.27. The largest absolute Gasteiger partial charge is 0.490 e. The molecule has 0 aliphatic heterocycles. The van der Waals surface area contributed by atoms with Crippen LogP contribution >= 0.6 is 11.3 Å². The van der Waals surface area contributed by atoms with Gasteiger partial charge in [-0.15, -0.1) is 0 Å². The Balaban J connectivity index is 1.67. The summed E-state index contributed by atoms with van der Waals surface area (Å²) in [5.41, 5.74) is 2.49. The van der Waals surface area contributed by atoms with E-state index in [9.17, 15) is 4.79 Å². The number of nitrogens with one attached hydrogen (secondary N) is 1. The summed E-state index contributed by atoms with van der Waals surface area (Å²) >= 11 is 1.64. The highest BCUT2D eigenvalue weighted by atomic mass is 32.1. The third kappa shape index (κ3) is 5.33. The zero-order valence-corrected chi connectivity index (χ0v) is 18.3. The lowest BCUT2D eigenvalue weighted by Gasteiger charge is -2.17. The van der Waals surface area contributed by atoms with Crippen LogP contribution in [0.1, 0.15) is 31.1 Å². The summed E-state index contributed by atoms with van der Waals surface area (Å²) in [5, 5.41) is 11.6. The highest BCUT2D eigenvalue weighted by Gasteiger charge is 2.18. The van der Waals surface area contributed by atoms with Crippen LogP contribution < -0.4 is 19.5 Å². The minimum Gasteiger partial charge on any atom is -0.490 e. The molecule has 2 aromatic heterocycles. The van der Waals surface area contributed by atoms with E-state index >= 15 is 0 Å². The first kappa shape index (κ1) is 21.7. The van der Waals surface area contributed by atoms with Crippen LogP contribution in [0.15, 0.2) is 41.2 Å². The number of amides is 1. The summed E-state index contributed by atoms with van der Waals surface area (Å²) in [4.78, 5) is 12.7. The lowest BCUT2D eigenvalue weighted by atomic mass is 10.1. The summed E-state index contributed by atoms with van der Waals surface area (Å²) in [5.74, 6) is 1.33. The second-order valence-corrected chi connectivity index (χ2v) is 7.11. The van der Waals surface area contributed by atoms with E-state index in [1.807, 2.05) is 49.2 Å². The minimum absolute atomic E-state index is 0.204. The minimum atomic E-state index is -0.204. The summed E-state index contributed by atoms with van der Waals surface area (Å²) < 4.78 is 18.9. The molecule has 160 valence electrons. The van der Waals surface area contributed by atoms with E-state index in [1.165, 1.54) is 0 Å². The molecule has 2 heterocycles. The van der Waals surface area contributed by atoms with E-state index in [1.54, 1.807) is 23.5 Å². The Kier molecular flexibility index (Phi) is 7.73. The number of carbonyl (C=O) groups is 1. The van der Waals surface area contributed by atoms with Gasteiger partial charge < -0.3 is 19.5 Å². The third-order valence-electron chi connectivity index (χ3n) is 4.26. The molecule has 1 amide bonds. The van der Waals surface area contributed by atoms with Crippen molar-refractivity contribution in [2.24, 2.45) is 0 Å². The van der Waals surface area contributed by atoms with Gasteiger partial charge in [-0.3, -0.25) is 9.48 Å². The molecule has 0 aliphatic carbocycles. The second kappa shape index (κ2) is 10.7. The van der Waals surface area contributed by atoms with Crippen LogP contribution in [0.3, 0.4) is 0 Å². The Bertz CT molecular complexity index is 926. The second-order valence-electron chi connectivity index (χ2n) is 6.33. The van der Waals surface area contributed by atoms with Gasteiger partial charge in [0.25, 0.3) is 5.91 Å². The van der Waals surface area contributed by atoms with Gasteiger partial charge in [0.15, 0.2) is 11.5 Å². The van der Waals surface area contributed by atoms with E-state index in [0.717, 1.165) is 11.3 Å². The average Bonchev–Trinajstić information content (AvgIpc) is 3.42. The van der Waals surface area contributed by atoms with Crippen molar-refractivity contribution in [1.29, 1.82) is 0 Å². The quantitative estimate of drug-likeness (QED) is 0.494. The van der Waals surface area contributed by atoms with E-state index in [-0.39, 0.29) is 5.91 Å². The van der Waals surface area contributed by atoms with Crippen molar-refractivity contribution in [3.63, 3.8) is 0 Å². The van der Waals surface area contributed by atoms with Crippen LogP contribution in [0.5, 0.6) is 17.2 Å². The summed E-state index contributed by atoms with van der Waals surface area (Å²) in [7, 11) is 0. The molecule has 1 aromatic carbocycles. The van der Waals surface area contributed by atoms with Crippen LogP contribution in [-0.2, 0) is 6.54 Å². The van der Waals surface area contributed by atoms with Gasteiger partial charge in [0.2, 0.25) is 5.75 Å². The molecule has 7 nitrogen and oxygen atoms in total. The van der Waals surface area contributed by atoms with Gasteiger partial charge in [0.1, 0.15) is 0 Å². The van der Waals surface area contributed by atoms with E-state index in [4.69, 9.17) is 14.2 Å². The number of hydrogen-bond acceptors (Lipinski definition) is 6. The molecule has 30 heavy (non-hydrogen) atoms. The van der Waals surface area contributed by atoms with Crippen molar-refractivity contribution in [2.75, 3.05) is 26.4 Å². The molecule has 0 bridgehead atoms. The summed E-state index contributed by atoms with van der Waals surface area (Å²) in [6.07, 6.45) is 1.91. The maximum absolute atomic E-state index is 12.7. The van der Waals surface area contributed by atoms with E-state index in [2.05, 4.69) is 15.8 Å². The van der Waals surface area contributed by atoms with Gasteiger partial charge in [-0.1, -0.05) is 0 Å². The average molecular weight is 430 g/mol. The predicted molar refractivity (Wildman–Crippen MR) is 118 cm³/mol. The highest BCUT2D eigenvalue weighted by Crippen LogP contribution is 2.39. The van der Waals surface area contributed by atoms with E-state index in [0.29, 0.717) is 55.7 Å². The molecule has 0 spiro atoms. The fourth-order valence-electron chi connectivity index (χ4n) is 2.96.